The van der Waals surface area contributed by atoms with E-state index in [1.807, 2.05) is 12.1 Å². The summed E-state index contributed by atoms with van der Waals surface area (Å²) in [6, 6.07) is 23.1. The van der Waals surface area contributed by atoms with Crippen LogP contribution < -0.4 is 0 Å². The van der Waals surface area contributed by atoms with Crippen LogP contribution in [0.2, 0.25) is 0 Å². The SMILES string of the molecule is O=C1c2ccccc2C23Cc4ccccc4C(Sc4c(Br)cccc42)N13. The number of amides is 1. The minimum atomic E-state index is -0.406. The molecule has 0 N–H and O–H groups in total. The molecule has 126 valence electrons. The number of thioether (sulfide) groups is 1. The van der Waals surface area contributed by atoms with Crippen molar-refractivity contribution in [1.82, 2.24) is 4.90 Å². The number of hydrogen-bond acceptors (Lipinski definition) is 2. The molecule has 3 aliphatic heterocycles. The largest absolute Gasteiger partial charge is 0.308 e. The Hall–Kier alpha value is -2.04. The summed E-state index contributed by atoms with van der Waals surface area (Å²) in [6.45, 7) is 0. The molecule has 3 heterocycles. The Morgan fingerprint density at radius 1 is 0.962 bits per heavy atom. The van der Waals surface area contributed by atoms with Crippen molar-refractivity contribution < 1.29 is 4.79 Å². The summed E-state index contributed by atoms with van der Waals surface area (Å²) in [6.07, 6.45) is 0.826. The van der Waals surface area contributed by atoms with Gasteiger partial charge in [0.25, 0.3) is 5.91 Å². The van der Waals surface area contributed by atoms with Crippen molar-refractivity contribution in [2.24, 2.45) is 0 Å². The lowest BCUT2D eigenvalue weighted by Crippen LogP contribution is -2.52. The Morgan fingerprint density at radius 3 is 2.65 bits per heavy atom. The zero-order valence-electron chi connectivity index (χ0n) is 13.8. The third-order valence-electron chi connectivity index (χ3n) is 5.88. The van der Waals surface area contributed by atoms with Crippen LogP contribution >= 0.6 is 27.7 Å². The van der Waals surface area contributed by atoms with Crippen molar-refractivity contribution in [3.05, 3.63) is 99.0 Å². The third-order valence-corrected chi connectivity index (χ3v) is 8.16. The molecule has 0 radical (unpaired) electrons. The van der Waals surface area contributed by atoms with Gasteiger partial charge in [-0.15, -0.1) is 0 Å². The average Bonchev–Trinajstić information content (AvgIpc) is 2.93. The van der Waals surface area contributed by atoms with Crippen LogP contribution in [0.15, 0.2) is 76.1 Å². The zero-order valence-corrected chi connectivity index (χ0v) is 16.2. The van der Waals surface area contributed by atoms with Gasteiger partial charge in [0.2, 0.25) is 0 Å². The Labute approximate surface area is 164 Å². The molecule has 0 aliphatic carbocycles. The predicted octanol–water partition coefficient (Wildman–Crippen LogP) is 5.51. The van der Waals surface area contributed by atoms with Gasteiger partial charge in [-0.05, 0) is 50.3 Å². The van der Waals surface area contributed by atoms with E-state index in [0.717, 1.165) is 22.0 Å². The van der Waals surface area contributed by atoms with Gasteiger partial charge in [0.1, 0.15) is 10.9 Å². The average molecular weight is 420 g/mol. The van der Waals surface area contributed by atoms with Gasteiger partial charge >= 0.3 is 0 Å². The van der Waals surface area contributed by atoms with E-state index >= 15 is 0 Å². The van der Waals surface area contributed by atoms with Crippen LogP contribution in [0.5, 0.6) is 0 Å². The number of benzene rings is 3. The molecular weight excluding hydrogens is 406 g/mol. The van der Waals surface area contributed by atoms with Crippen LogP contribution in [0.1, 0.15) is 38.0 Å². The maximum atomic E-state index is 13.4. The molecule has 0 fully saturated rings. The fraction of sp³-hybridized carbons (Fsp3) is 0.136. The maximum Gasteiger partial charge on any atom is 0.256 e. The first-order chi connectivity index (χ1) is 12.7. The highest BCUT2D eigenvalue weighted by Gasteiger charge is 2.59. The molecule has 2 unspecified atom stereocenters. The molecule has 0 saturated carbocycles. The monoisotopic (exact) mass is 419 g/mol. The molecule has 4 heteroatoms. The summed E-state index contributed by atoms with van der Waals surface area (Å²) in [5.41, 5.74) is 5.42. The van der Waals surface area contributed by atoms with Crippen LogP contribution in [-0.4, -0.2) is 10.8 Å². The van der Waals surface area contributed by atoms with Crippen molar-refractivity contribution in [1.29, 1.82) is 0 Å². The van der Waals surface area contributed by atoms with E-state index in [1.54, 1.807) is 11.8 Å². The Balaban J connectivity index is 1.77. The molecule has 0 aromatic heterocycles. The highest BCUT2D eigenvalue weighted by Crippen LogP contribution is 2.63. The van der Waals surface area contributed by atoms with E-state index in [1.165, 1.54) is 21.6 Å². The lowest BCUT2D eigenvalue weighted by Gasteiger charge is -2.52. The van der Waals surface area contributed by atoms with Crippen molar-refractivity contribution in [2.75, 3.05) is 0 Å². The molecule has 3 aromatic rings. The predicted molar refractivity (Wildman–Crippen MR) is 106 cm³/mol. The van der Waals surface area contributed by atoms with Crippen LogP contribution in [-0.2, 0) is 12.0 Å². The number of halogens is 1. The van der Waals surface area contributed by atoms with Gasteiger partial charge in [-0.25, -0.2) is 0 Å². The number of rotatable bonds is 0. The van der Waals surface area contributed by atoms with Crippen molar-refractivity contribution in [3.8, 4) is 0 Å². The van der Waals surface area contributed by atoms with E-state index in [2.05, 4.69) is 75.4 Å². The second kappa shape index (κ2) is 5.02. The molecule has 1 amide bonds. The van der Waals surface area contributed by atoms with E-state index in [-0.39, 0.29) is 11.3 Å². The molecule has 26 heavy (non-hydrogen) atoms. The lowest BCUT2D eigenvalue weighted by atomic mass is 9.74. The lowest BCUT2D eigenvalue weighted by molar-refractivity contribution is 0.0538. The number of nitrogens with zero attached hydrogens (tertiary/aromatic N) is 1. The minimum Gasteiger partial charge on any atom is -0.308 e. The molecule has 0 saturated heterocycles. The third kappa shape index (κ3) is 1.63. The van der Waals surface area contributed by atoms with Crippen molar-refractivity contribution >= 4 is 33.6 Å². The molecule has 2 atom stereocenters. The standard InChI is InChI=1S/C22H14BrNOS/c23-18-11-5-10-17-19(18)26-21-14-7-2-1-6-13(14)12-22(17)16-9-4-3-8-15(16)20(25)24(21)22/h1-11,21H,12H2. The van der Waals surface area contributed by atoms with Gasteiger partial charge in [0.15, 0.2) is 0 Å². The summed E-state index contributed by atoms with van der Waals surface area (Å²) >= 11 is 5.54. The van der Waals surface area contributed by atoms with E-state index in [4.69, 9.17) is 0 Å². The van der Waals surface area contributed by atoms with Gasteiger partial charge in [-0.1, -0.05) is 66.4 Å². The highest BCUT2D eigenvalue weighted by molar-refractivity contribution is 9.10. The Bertz CT molecular complexity index is 1110. The van der Waals surface area contributed by atoms with Crippen LogP contribution in [0.3, 0.4) is 0 Å². The number of fused-ring (bicyclic) bond motifs is 4. The Morgan fingerprint density at radius 2 is 1.73 bits per heavy atom. The van der Waals surface area contributed by atoms with Gasteiger partial charge in [-0.3, -0.25) is 4.79 Å². The first-order valence-corrected chi connectivity index (χ1v) is 10.4. The van der Waals surface area contributed by atoms with Crippen molar-refractivity contribution in [3.63, 3.8) is 0 Å². The molecule has 2 bridgehead atoms. The van der Waals surface area contributed by atoms with Crippen LogP contribution in [0.4, 0.5) is 0 Å². The smallest absolute Gasteiger partial charge is 0.256 e. The minimum absolute atomic E-state index is 0.00560. The summed E-state index contributed by atoms with van der Waals surface area (Å²) in [4.78, 5) is 16.8. The van der Waals surface area contributed by atoms with Gasteiger partial charge < -0.3 is 4.90 Å². The fourth-order valence-corrected chi connectivity index (χ4v) is 7.01. The molecule has 3 aromatic carbocycles. The molecule has 6 rings (SSSR count). The number of carbonyl (C=O) groups excluding carboxylic acids is 1. The summed E-state index contributed by atoms with van der Waals surface area (Å²) < 4.78 is 1.11. The normalized spacial score (nSPS) is 24.6. The van der Waals surface area contributed by atoms with E-state index in [0.29, 0.717) is 0 Å². The first-order valence-electron chi connectivity index (χ1n) is 8.68. The van der Waals surface area contributed by atoms with E-state index < -0.39 is 5.54 Å². The summed E-state index contributed by atoms with van der Waals surface area (Å²) in [5, 5.41) is 0.00560. The number of hydrogen-bond donors (Lipinski definition) is 0. The number of carbonyl (C=O) groups is 1. The first kappa shape index (κ1) is 15.1. The highest BCUT2D eigenvalue weighted by atomic mass is 79.9. The Kier molecular flexibility index (Phi) is 2.91. The van der Waals surface area contributed by atoms with Gasteiger partial charge in [0, 0.05) is 21.4 Å². The quantitative estimate of drug-likeness (QED) is 0.478. The molecule has 0 spiro atoms. The second-order valence-corrected chi connectivity index (χ2v) is 8.99. The van der Waals surface area contributed by atoms with Crippen LogP contribution in [0, 0.1) is 0 Å². The summed E-state index contributed by atoms with van der Waals surface area (Å²) in [7, 11) is 0. The maximum absolute atomic E-state index is 13.4. The zero-order chi connectivity index (χ0) is 17.5. The molecule has 2 nitrogen and oxygen atoms in total. The fourth-order valence-electron chi connectivity index (χ4n) is 4.85. The topological polar surface area (TPSA) is 20.3 Å². The van der Waals surface area contributed by atoms with Gasteiger partial charge in [0.05, 0.1) is 0 Å². The second-order valence-electron chi connectivity index (χ2n) is 7.04. The van der Waals surface area contributed by atoms with Crippen molar-refractivity contribution in [2.45, 2.75) is 22.2 Å². The van der Waals surface area contributed by atoms with Gasteiger partial charge in [-0.2, -0.15) is 0 Å². The molecule has 3 aliphatic rings. The van der Waals surface area contributed by atoms with E-state index in [9.17, 15) is 4.79 Å². The van der Waals surface area contributed by atoms with Crippen LogP contribution in [0.25, 0.3) is 0 Å². The molecular formula is C22H14BrNOS. The summed E-state index contributed by atoms with van der Waals surface area (Å²) in [5.74, 6) is 0.151.